The second-order valence-corrected chi connectivity index (χ2v) is 4.31. The number of hydrogen-bond donors (Lipinski definition) is 2. The Bertz CT molecular complexity index is 451. The van der Waals surface area contributed by atoms with Crippen molar-refractivity contribution in [2.75, 3.05) is 6.54 Å². The second-order valence-electron chi connectivity index (χ2n) is 4.31. The van der Waals surface area contributed by atoms with Gasteiger partial charge in [-0.05, 0) is 35.7 Å². The Morgan fingerprint density at radius 1 is 1.00 bits per heavy atom. The van der Waals surface area contributed by atoms with Gasteiger partial charge >= 0.3 is 0 Å². The first-order valence-corrected chi connectivity index (χ1v) is 6.26. The fourth-order valence-electron chi connectivity index (χ4n) is 1.80. The van der Waals surface area contributed by atoms with Crippen LogP contribution in [0.15, 0.2) is 48.8 Å². The van der Waals surface area contributed by atoms with Gasteiger partial charge in [-0.25, -0.2) is 0 Å². The van der Waals surface area contributed by atoms with Gasteiger partial charge in [0.2, 0.25) is 0 Å². The lowest BCUT2D eigenvalue weighted by Crippen LogP contribution is -2.16. The van der Waals surface area contributed by atoms with Crippen LogP contribution >= 0.6 is 0 Å². The van der Waals surface area contributed by atoms with Gasteiger partial charge < -0.3 is 11.1 Å². The Morgan fingerprint density at radius 2 is 1.78 bits per heavy atom. The van der Waals surface area contributed by atoms with Gasteiger partial charge in [0, 0.05) is 25.5 Å². The van der Waals surface area contributed by atoms with Gasteiger partial charge in [-0.2, -0.15) is 0 Å². The third kappa shape index (κ3) is 3.95. The third-order valence-electron chi connectivity index (χ3n) is 2.90. The molecule has 0 fully saturated rings. The molecule has 2 rings (SSSR count). The zero-order valence-corrected chi connectivity index (χ0v) is 10.5. The van der Waals surface area contributed by atoms with E-state index in [1.54, 1.807) is 6.20 Å². The maximum Gasteiger partial charge on any atom is 0.0300 e. The molecule has 1 aromatic carbocycles. The molecule has 0 amide bonds. The fourth-order valence-corrected chi connectivity index (χ4v) is 1.80. The SMILES string of the molecule is NCc1ccc(CNCCc2cccnc2)cc1. The van der Waals surface area contributed by atoms with E-state index in [1.807, 2.05) is 12.3 Å². The molecule has 1 aromatic heterocycles. The van der Waals surface area contributed by atoms with Crippen LogP contribution in [0, 0.1) is 0 Å². The van der Waals surface area contributed by atoms with Crippen molar-refractivity contribution in [3.05, 3.63) is 65.5 Å². The van der Waals surface area contributed by atoms with Crippen molar-refractivity contribution in [1.29, 1.82) is 0 Å². The van der Waals surface area contributed by atoms with Gasteiger partial charge in [0.05, 0.1) is 0 Å². The quantitative estimate of drug-likeness (QED) is 0.759. The molecule has 3 nitrogen and oxygen atoms in total. The molecule has 0 saturated carbocycles. The second kappa shape index (κ2) is 6.89. The Balaban J connectivity index is 1.72. The highest BCUT2D eigenvalue weighted by Gasteiger charge is 1.95. The molecule has 0 aliphatic heterocycles. The van der Waals surface area contributed by atoms with Crippen molar-refractivity contribution in [1.82, 2.24) is 10.3 Å². The van der Waals surface area contributed by atoms with E-state index in [4.69, 9.17) is 5.73 Å². The lowest BCUT2D eigenvalue weighted by atomic mass is 10.1. The number of rotatable bonds is 6. The van der Waals surface area contributed by atoms with E-state index in [2.05, 4.69) is 40.6 Å². The van der Waals surface area contributed by atoms with Crippen LogP contribution < -0.4 is 11.1 Å². The van der Waals surface area contributed by atoms with Crippen LogP contribution in [0.2, 0.25) is 0 Å². The minimum Gasteiger partial charge on any atom is -0.326 e. The average Bonchev–Trinajstić information content (AvgIpc) is 2.45. The van der Waals surface area contributed by atoms with E-state index in [0.717, 1.165) is 19.5 Å². The first kappa shape index (κ1) is 12.7. The summed E-state index contributed by atoms with van der Waals surface area (Å²) in [6.45, 7) is 2.46. The van der Waals surface area contributed by atoms with Crippen LogP contribution in [0.25, 0.3) is 0 Å². The number of aromatic nitrogens is 1. The van der Waals surface area contributed by atoms with Crippen molar-refractivity contribution in [3.8, 4) is 0 Å². The zero-order chi connectivity index (χ0) is 12.6. The molecule has 0 saturated heterocycles. The summed E-state index contributed by atoms with van der Waals surface area (Å²) in [7, 11) is 0. The van der Waals surface area contributed by atoms with Crippen LogP contribution in [0.5, 0.6) is 0 Å². The summed E-state index contributed by atoms with van der Waals surface area (Å²) < 4.78 is 0. The van der Waals surface area contributed by atoms with Gasteiger partial charge in [-0.15, -0.1) is 0 Å². The number of hydrogen-bond acceptors (Lipinski definition) is 3. The van der Waals surface area contributed by atoms with Crippen molar-refractivity contribution in [2.24, 2.45) is 5.73 Å². The summed E-state index contributed by atoms with van der Waals surface area (Å²) in [6.07, 6.45) is 4.72. The summed E-state index contributed by atoms with van der Waals surface area (Å²) in [5, 5.41) is 3.43. The highest BCUT2D eigenvalue weighted by Crippen LogP contribution is 2.03. The van der Waals surface area contributed by atoms with Crippen LogP contribution in [0.3, 0.4) is 0 Å². The van der Waals surface area contributed by atoms with Gasteiger partial charge in [0.1, 0.15) is 0 Å². The number of nitrogens with zero attached hydrogens (tertiary/aromatic N) is 1. The van der Waals surface area contributed by atoms with E-state index in [0.29, 0.717) is 6.54 Å². The average molecular weight is 241 g/mol. The largest absolute Gasteiger partial charge is 0.326 e. The van der Waals surface area contributed by atoms with Crippen molar-refractivity contribution >= 4 is 0 Å². The summed E-state index contributed by atoms with van der Waals surface area (Å²) in [6, 6.07) is 12.5. The van der Waals surface area contributed by atoms with Crippen molar-refractivity contribution in [3.63, 3.8) is 0 Å². The maximum absolute atomic E-state index is 5.56. The summed E-state index contributed by atoms with van der Waals surface area (Å²) in [5.74, 6) is 0. The Kier molecular flexibility index (Phi) is 4.88. The molecule has 3 heteroatoms. The monoisotopic (exact) mass is 241 g/mol. The van der Waals surface area contributed by atoms with Gasteiger partial charge in [-0.1, -0.05) is 30.3 Å². The van der Waals surface area contributed by atoms with Crippen molar-refractivity contribution < 1.29 is 0 Å². The Hall–Kier alpha value is -1.71. The smallest absolute Gasteiger partial charge is 0.0300 e. The summed E-state index contributed by atoms with van der Waals surface area (Å²) >= 11 is 0. The topological polar surface area (TPSA) is 50.9 Å². The Labute approximate surface area is 108 Å². The number of nitrogens with one attached hydrogen (secondary N) is 1. The molecular weight excluding hydrogens is 222 g/mol. The normalized spacial score (nSPS) is 10.5. The number of pyridine rings is 1. The van der Waals surface area contributed by atoms with E-state index < -0.39 is 0 Å². The van der Waals surface area contributed by atoms with E-state index in [1.165, 1.54) is 16.7 Å². The molecule has 0 unspecified atom stereocenters. The lowest BCUT2D eigenvalue weighted by Gasteiger charge is -2.05. The minimum absolute atomic E-state index is 0.606. The molecule has 0 bridgehead atoms. The summed E-state index contributed by atoms with van der Waals surface area (Å²) in [4.78, 5) is 4.10. The molecule has 0 aliphatic rings. The first-order valence-electron chi connectivity index (χ1n) is 6.26. The molecule has 0 aliphatic carbocycles. The van der Waals surface area contributed by atoms with Gasteiger partial charge in [0.25, 0.3) is 0 Å². The van der Waals surface area contributed by atoms with Gasteiger partial charge in [0.15, 0.2) is 0 Å². The molecule has 0 spiro atoms. The Morgan fingerprint density at radius 3 is 2.44 bits per heavy atom. The van der Waals surface area contributed by atoms with Crippen LogP contribution in [0.4, 0.5) is 0 Å². The molecule has 94 valence electrons. The predicted octanol–water partition coefficient (Wildman–Crippen LogP) is 1.87. The van der Waals surface area contributed by atoms with Crippen LogP contribution in [-0.4, -0.2) is 11.5 Å². The third-order valence-corrected chi connectivity index (χ3v) is 2.90. The predicted molar refractivity (Wildman–Crippen MR) is 74.0 cm³/mol. The van der Waals surface area contributed by atoms with E-state index in [9.17, 15) is 0 Å². The van der Waals surface area contributed by atoms with Crippen LogP contribution in [-0.2, 0) is 19.5 Å². The lowest BCUT2D eigenvalue weighted by molar-refractivity contribution is 0.686. The van der Waals surface area contributed by atoms with E-state index in [-0.39, 0.29) is 0 Å². The zero-order valence-electron chi connectivity index (χ0n) is 10.5. The highest BCUT2D eigenvalue weighted by molar-refractivity contribution is 5.22. The molecule has 3 N–H and O–H groups in total. The molecular formula is C15H19N3. The fraction of sp³-hybridized carbons (Fsp3) is 0.267. The molecule has 2 aromatic rings. The van der Waals surface area contributed by atoms with Gasteiger partial charge in [-0.3, -0.25) is 4.98 Å². The summed E-state index contributed by atoms with van der Waals surface area (Å²) in [5.41, 5.74) is 9.30. The number of nitrogens with two attached hydrogens (primary N) is 1. The minimum atomic E-state index is 0.606. The van der Waals surface area contributed by atoms with Crippen molar-refractivity contribution in [2.45, 2.75) is 19.5 Å². The first-order chi connectivity index (χ1) is 8.88. The van der Waals surface area contributed by atoms with Crippen LogP contribution in [0.1, 0.15) is 16.7 Å². The standard InChI is InChI=1S/C15H19N3/c16-10-13-3-5-15(6-4-13)12-18-9-7-14-2-1-8-17-11-14/h1-6,8,11,18H,7,9-10,12,16H2. The molecule has 18 heavy (non-hydrogen) atoms. The highest BCUT2D eigenvalue weighted by atomic mass is 14.8. The molecule has 1 heterocycles. The molecule has 0 atom stereocenters. The molecule has 0 radical (unpaired) electrons. The maximum atomic E-state index is 5.56. The van der Waals surface area contributed by atoms with E-state index >= 15 is 0 Å². The number of benzene rings is 1.